The van der Waals surface area contributed by atoms with Crippen molar-refractivity contribution < 1.29 is 9.53 Å². The van der Waals surface area contributed by atoms with E-state index in [9.17, 15) is 4.79 Å². The lowest BCUT2D eigenvalue weighted by Crippen LogP contribution is -2.30. The molecule has 1 aliphatic heterocycles. The molecule has 0 spiro atoms. The normalized spacial score (nSPS) is 28.5. The molecule has 0 bridgehead atoms. The van der Waals surface area contributed by atoms with Crippen LogP contribution in [-0.2, 0) is 9.53 Å². The van der Waals surface area contributed by atoms with Crippen molar-refractivity contribution in [1.82, 2.24) is 0 Å². The average Bonchev–Trinajstić information content (AvgIpc) is 2.27. The Morgan fingerprint density at radius 2 is 2.18 bits per heavy atom. The molecule has 1 aliphatic carbocycles. The molecule has 0 aromatic heterocycles. The van der Waals surface area contributed by atoms with Gasteiger partial charge < -0.3 is 4.74 Å². The molecule has 2 rings (SSSR count). The summed E-state index contributed by atoms with van der Waals surface area (Å²) in [5.74, 6) is 1.72. The molecule has 0 radical (unpaired) electrons. The highest BCUT2D eigenvalue weighted by Gasteiger charge is 2.34. The zero-order valence-electron chi connectivity index (χ0n) is 11.1. The van der Waals surface area contributed by atoms with E-state index >= 15 is 0 Å². The van der Waals surface area contributed by atoms with Crippen LogP contribution in [0.25, 0.3) is 0 Å². The van der Waals surface area contributed by atoms with Crippen molar-refractivity contribution in [3.8, 4) is 0 Å². The molecule has 0 fully saturated rings. The van der Waals surface area contributed by atoms with Crippen LogP contribution in [0.4, 0.5) is 0 Å². The maximum Gasteiger partial charge on any atom is 0.162 e. The molecule has 17 heavy (non-hydrogen) atoms. The molecule has 0 aromatic carbocycles. The van der Waals surface area contributed by atoms with E-state index in [1.807, 2.05) is 0 Å². The standard InChI is InChI=1S/C15H22O2/c1-4-11-9-12(8-10(2)3)17-14-7-5-6-13(16)15(11)14/h8,11-12H,4-7,9H2,1-3H3. The van der Waals surface area contributed by atoms with E-state index in [2.05, 4.69) is 26.8 Å². The van der Waals surface area contributed by atoms with Gasteiger partial charge in [-0.2, -0.15) is 0 Å². The summed E-state index contributed by atoms with van der Waals surface area (Å²) in [6.07, 6.45) is 6.99. The number of carbonyl (C=O) groups excluding carboxylic acids is 1. The average molecular weight is 234 g/mol. The SMILES string of the molecule is CCC1CC(C=C(C)C)OC2=C1C(=O)CCC2. The molecule has 94 valence electrons. The Kier molecular flexibility index (Phi) is 3.70. The maximum absolute atomic E-state index is 12.0. The van der Waals surface area contributed by atoms with Gasteiger partial charge in [-0.05, 0) is 45.1 Å². The predicted octanol–water partition coefficient (Wildman–Crippen LogP) is 3.77. The predicted molar refractivity (Wildman–Crippen MR) is 68.6 cm³/mol. The third kappa shape index (κ3) is 2.62. The van der Waals surface area contributed by atoms with Crippen molar-refractivity contribution in [2.24, 2.45) is 5.92 Å². The molecule has 1 heterocycles. The van der Waals surface area contributed by atoms with E-state index in [0.717, 1.165) is 37.0 Å². The molecular formula is C15H22O2. The van der Waals surface area contributed by atoms with Crippen LogP contribution in [0.3, 0.4) is 0 Å². The van der Waals surface area contributed by atoms with Crippen molar-refractivity contribution in [3.05, 3.63) is 23.0 Å². The Labute approximate surface area is 104 Å². The van der Waals surface area contributed by atoms with Gasteiger partial charge in [-0.25, -0.2) is 0 Å². The Morgan fingerprint density at radius 1 is 1.41 bits per heavy atom. The van der Waals surface area contributed by atoms with E-state index in [4.69, 9.17) is 4.74 Å². The summed E-state index contributed by atoms with van der Waals surface area (Å²) in [6.45, 7) is 6.36. The topological polar surface area (TPSA) is 26.3 Å². The lowest BCUT2D eigenvalue weighted by Gasteiger charge is -2.34. The highest BCUT2D eigenvalue weighted by molar-refractivity contribution is 5.97. The number of rotatable bonds is 2. The number of allylic oxidation sites excluding steroid dienone is 3. The van der Waals surface area contributed by atoms with E-state index in [-0.39, 0.29) is 6.10 Å². The van der Waals surface area contributed by atoms with Gasteiger partial charge in [-0.1, -0.05) is 12.5 Å². The first-order valence-corrected chi connectivity index (χ1v) is 6.69. The zero-order valence-corrected chi connectivity index (χ0v) is 11.1. The Morgan fingerprint density at radius 3 is 2.82 bits per heavy atom. The third-order valence-corrected chi connectivity index (χ3v) is 3.64. The van der Waals surface area contributed by atoms with Gasteiger partial charge in [0, 0.05) is 18.4 Å². The second kappa shape index (κ2) is 5.07. The Hall–Kier alpha value is -1.05. The van der Waals surface area contributed by atoms with Crippen LogP contribution in [0.2, 0.25) is 0 Å². The minimum atomic E-state index is 0.176. The van der Waals surface area contributed by atoms with Crippen LogP contribution >= 0.6 is 0 Å². The van der Waals surface area contributed by atoms with Crippen molar-refractivity contribution in [3.63, 3.8) is 0 Å². The number of ether oxygens (including phenoxy) is 1. The van der Waals surface area contributed by atoms with Gasteiger partial charge in [0.25, 0.3) is 0 Å². The quantitative estimate of drug-likeness (QED) is 0.680. The van der Waals surface area contributed by atoms with Gasteiger partial charge in [-0.15, -0.1) is 0 Å². The number of hydrogen-bond acceptors (Lipinski definition) is 2. The minimum absolute atomic E-state index is 0.176. The first-order valence-electron chi connectivity index (χ1n) is 6.69. The highest BCUT2D eigenvalue weighted by atomic mass is 16.5. The van der Waals surface area contributed by atoms with E-state index in [1.165, 1.54) is 5.57 Å². The molecule has 0 N–H and O–H groups in total. The van der Waals surface area contributed by atoms with E-state index < -0.39 is 0 Å². The van der Waals surface area contributed by atoms with Crippen LogP contribution in [0, 0.1) is 5.92 Å². The fourth-order valence-corrected chi connectivity index (χ4v) is 2.89. The van der Waals surface area contributed by atoms with Gasteiger partial charge in [0.05, 0.1) is 0 Å². The van der Waals surface area contributed by atoms with Crippen molar-refractivity contribution >= 4 is 5.78 Å². The molecule has 0 aromatic rings. The molecule has 2 unspecified atom stereocenters. The van der Waals surface area contributed by atoms with E-state index in [1.54, 1.807) is 0 Å². The first kappa shape index (κ1) is 12.4. The lowest BCUT2D eigenvalue weighted by molar-refractivity contribution is -0.117. The monoisotopic (exact) mass is 234 g/mol. The molecule has 2 nitrogen and oxygen atoms in total. The minimum Gasteiger partial charge on any atom is -0.490 e. The summed E-state index contributed by atoms with van der Waals surface area (Å²) in [5.41, 5.74) is 2.30. The number of ketones is 1. The Balaban J connectivity index is 2.27. The van der Waals surface area contributed by atoms with Gasteiger partial charge in [0.1, 0.15) is 11.9 Å². The smallest absolute Gasteiger partial charge is 0.162 e. The molecule has 0 saturated heterocycles. The fourth-order valence-electron chi connectivity index (χ4n) is 2.89. The molecular weight excluding hydrogens is 212 g/mol. The fraction of sp³-hybridized carbons (Fsp3) is 0.667. The van der Waals surface area contributed by atoms with Crippen LogP contribution in [-0.4, -0.2) is 11.9 Å². The van der Waals surface area contributed by atoms with Gasteiger partial charge >= 0.3 is 0 Å². The third-order valence-electron chi connectivity index (χ3n) is 3.64. The summed E-state index contributed by atoms with van der Waals surface area (Å²) < 4.78 is 5.99. The van der Waals surface area contributed by atoms with E-state index in [0.29, 0.717) is 18.1 Å². The van der Waals surface area contributed by atoms with Crippen LogP contribution < -0.4 is 0 Å². The summed E-state index contributed by atoms with van der Waals surface area (Å²) >= 11 is 0. The molecule has 2 heteroatoms. The summed E-state index contributed by atoms with van der Waals surface area (Å²) in [4.78, 5) is 12.0. The van der Waals surface area contributed by atoms with Crippen LogP contribution in [0.15, 0.2) is 23.0 Å². The molecule has 2 aliphatic rings. The number of carbonyl (C=O) groups is 1. The van der Waals surface area contributed by atoms with Crippen LogP contribution in [0.5, 0.6) is 0 Å². The van der Waals surface area contributed by atoms with Crippen LogP contribution in [0.1, 0.15) is 52.9 Å². The number of hydrogen-bond donors (Lipinski definition) is 0. The lowest BCUT2D eigenvalue weighted by atomic mass is 9.80. The largest absolute Gasteiger partial charge is 0.490 e. The molecule has 2 atom stereocenters. The first-order chi connectivity index (χ1) is 8.11. The maximum atomic E-state index is 12.0. The van der Waals surface area contributed by atoms with Crippen molar-refractivity contribution in [2.45, 2.75) is 59.0 Å². The van der Waals surface area contributed by atoms with Gasteiger partial charge in [0.15, 0.2) is 5.78 Å². The zero-order chi connectivity index (χ0) is 12.4. The second-order valence-electron chi connectivity index (χ2n) is 5.35. The molecule has 0 saturated carbocycles. The second-order valence-corrected chi connectivity index (χ2v) is 5.35. The van der Waals surface area contributed by atoms with Crippen molar-refractivity contribution in [2.75, 3.05) is 0 Å². The van der Waals surface area contributed by atoms with Gasteiger partial charge in [0.2, 0.25) is 0 Å². The summed E-state index contributed by atoms with van der Waals surface area (Å²) in [5, 5.41) is 0. The Bertz CT molecular complexity index is 372. The van der Waals surface area contributed by atoms with Crippen molar-refractivity contribution in [1.29, 1.82) is 0 Å². The summed E-state index contributed by atoms with van der Waals surface area (Å²) in [7, 11) is 0. The molecule has 0 amide bonds. The summed E-state index contributed by atoms with van der Waals surface area (Å²) in [6, 6.07) is 0. The van der Waals surface area contributed by atoms with Gasteiger partial charge in [-0.3, -0.25) is 4.79 Å². The highest BCUT2D eigenvalue weighted by Crippen LogP contribution is 2.38. The number of Topliss-reactive ketones (excluding diaryl/α,β-unsaturated/α-hetero) is 1.